The number of rotatable bonds is 5. The molecule has 0 saturated carbocycles. The molecule has 25 heavy (non-hydrogen) atoms. The number of halogens is 1. The van der Waals surface area contributed by atoms with E-state index in [4.69, 9.17) is 4.74 Å². The number of hydrogen-bond acceptors (Lipinski definition) is 2. The van der Waals surface area contributed by atoms with Crippen molar-refractivity contribution < 1.29 is 9.13 Å². The van der Waals surface area contributed by atoms with Crippen molar-refractivity contribution in [3.8, 4) is 0 Å². The molecule has 1 unspecified atom stereocenters. The zero-order valence-corrected chi connectivity index (χ0v) is 15.9. The minimum Gasteiger partial charge on any atom is -0.497 e. The molecule has 1 aliphatic rings. The number of ether oxygens (including phenoxy) is 1. The first-order chi connectivity index (χ1) is 11.9. The Labute approximate surface area is 151 Å². The molecule has 1 aromatic carbocycles. The van der Waals surface area contributed by atoms with Gasteiger partial charge in [0, 0.05) is 23.4 Å². The van der Waals surface area contributed by atoms with Crippen LogP contribution in [0.15, 0.2) is 71.8 Å². The molecule has 0 spiro atoms. The van der Waals surface area contributed by atoms with E-state index in [9.17, 15) is 4.39 Å². The summed E-state index contributed by atoms with van der Waals surface area (Å²) in [6.07, 6.45) is 7.12. The Bertz CT molecular complexity index is 727. The molecule has 2 nitrogen and oxygen atoms in total. The average molecular weight is 341 g/mol. The molecular formula is C22H28FNO. The van der Waals surface area contributed by atoms with Crippen LogP contribution in [0.3, 0.4) is 0 Å². The van der Waals surface area contributed by atoms with Gasteiger partial charge in [0.25, 0.3) is 0 Å². The van der Waals surface area contributed by atoms with Crippen molar-refractivity contribution in [3.05, 3.63) is 83.2 Å². The second kappa shape index (κ2) is 7.73. The Kier molecular flexibility index (Phi) is 5.89. The monoisotopic (exact) mass is 341 g/mol. The maximum atomic E-state index is 13.3. The summed E-state index contributed by atoms with van der Waals surface area (Å²) in [6, 6.07) is 6.77. The molecule has 0 amide bonds. The maximum absolute atomic E-state index is 13.3. The van der Waals surface area contributed by atoms with Gasteiger partial charge in [-0.1, -0.05) is 30.9 Å². The van der Waals surface area contributed by atoms with Crippen LogP contribution >= 0.6 is 0 Å². The van der Waals surface area contributed by atoms with Crippen LogP contribution in [0.5, 0.6) is 0 Å². The summed E-state index contributed by atoms with van der Waals surface area (Å²) in [7, 11) is 1.63. The Morgan fingerprint density at radius 3 is 2.36 bits per heavy atom. The summed E-state index contributed by atoms with van der Waals surface area (Å²) in [5.41, 5.74) is 4.49. The molecule has 0 aromatic heterocycles. The normalized spacial score (nSPS) is 25.2. The molecule has 134 valence electrons. The highest BCUT2D eigenvalue weighted by molar-refractivity contribution is 5.53. The first kappa shape index (κ1) is 19.0. The van der Waals surface area contributed by atoms with Crippen molar-refractivity contribution in [1.29, 1.82) is 0 Å². The third-order valence-electron chi connectivity index (χ3n) is 4.92. The van der Waals surface area contributed by atoms with E-state index < -0.39 is 0 Å². The summed E-state index contributed by atoms with van der Waals surface area (Å²) in [5.74, 6) is 0.424. The third kappa shape index (κ3) is 3.55. The fraction of sp³-hybridized carbons (Fsp3) is 0.364. The molecule has 0 aliphatic carbocycles. The minimum atomic E-state index is -0.230. The smallest absolute Gasteiger partial charge is 0.123 e. The van der Waals surface area contributed by atoms with Crippen LogP contribution < -0.4 is 0 Å². The highest BCUT2D eigenvalue weighted by atomic mass is 19.1. The molecule has 0 N–H and O–H groups in total. The first-order valence-electron chi connectivity index (χ1n) is 8.71. The topological polar surface area (TPSA) is 12.5 Å². The molecule has 1 heterocycles. The van der Waals surface area contributed by atoms with Crippen LogP contribution in [0, 0.1) is 11.2 Å². The van der Waals surface area contributed by atoms with Gasteiger partial charge in [-0.2, -0.15) is 0 Å². The first-order valence-corrected chi connectivity index (χ1v) is 8.71. The second-order valence-electron chi connectivity index (χ2n) is 6.46. The highest BCUT2D eigenvalue weighted by Gasteiger charge is 2.45. The van der Waals surface area contributed by atoms with Crippen molar-refractivity contribution in [2.75, 3.05) is 13.7 Å². The standard InChI is InChI=1S/C22H28FNO/c1-7-20-19(14-16(4)25-6)22(5,21(8-2)24(20)9-3)15-17-10-12-18(23)13-11-17/h7-8,10-14H,4,9,15H2,1-3,5-6H3/b19-14+,20-7+,21-8-. The van der Waals surface area contributed by atoms with Gasteiger partial charge in [-0.25, -0.2) is 4.39 Å². The van der Waals surface area contributed by atoms with Crippen molar-refractivity contribution in [1.82, 2.24) is 4.90 Å². The van der Waals surface area contributed by atoms with Crippen molar-refractivity contribution in [2.45, 2.75) is 34.1 Å². The second-order valence-corrected chi connectivity index (χ2v) is 6.46. The minimum absolute atomic E-state index is 0.209. The van der Waals surface area contributed by atoms with E-state index in [0.29, 0.717) is 5.76 Å². The fourth-order valence-corrected chi connectivity index (χ4v) is 3.77. The van der Waals surface area contributed by atoms with Crippen LogP contribution in [0.1, 0.15) is 33.3 Å². The largest absolute Gasteiger partial charge is 0.497 e. The Hall–Kier alpha value is -2.29. The molecule has 0 bridgehead atoms. The van der Waals surface area contributed by atoms with Crippen LogP contribution in [0.2, 0.25) is 0 Å². The van der Waals surface area contributed by atoms with Crippen LogP contribution in [-0.4, -0.2) is 18.6 Å². The van der Waals surface area contributed by atoms with Crippen molar-refractivity contribution in [2.24, 2.45) is 5.41 Å². The summed E-state index contributed by atoms with van der Waals surface area (Å²) in [5, 5.41) is 0. The summed E-state index contributed by atoms with van der Waals surface area (Å²) in [4.78, 5) is 2.33. The maximum Gasteiger partial charge on any atom is 0.123 e. The predicted octanol–water partition coefficient (Wildman–Crippen LogP) is 5.60. The van der Waals surface area contributed by atoms with E-state index in [2.05, 4.69) is 51.3 Å². The van der Waals surface area contributed by atoms with E-state index >= 15 is 0 Å². The van der Waals surface area contributed by atoms with Crippen LogP contribution in [0.4, 0.5) is 4.39 Å². The summed E-state index contributed by atoms with van der Waals surface area (Å²) in [6.45, 7) is 13.4. The van der Waals surface area contributed by atoms with Gasteiger partial charge in [0.05, 0.1) is 7.11 Å². The molecule has 0 radical (unpaired) electrons. The average Bonchev–Trinajstić information content (AvgIpc) is 2.83. The SMILES string of the molecule is C=C(/C=C1\C(=C/C)N(CC)/C(=C\C)C1(C)Cc1ccc(F)cc1)OC. The lowest BCUT2D eigenvalue weighted by Crippen LogP contribution is -2.24. The molecule has 2 rings (SSSR count). The lowest BCUT2D eigenvalue weighted by molar-refractivity contribution is 0.307. The van der Waals surface area contributed by atoms with Gasteiger partial charge in [0.2, 0.25) is 0 Å². The number of nitrogens with zero attached hydrogens (tertiary/aromatic N) is 1. The molecule has 1 saturated heterocycles. The lowest BCUT2D eigenvalue weighted by atomic mass is 9.75. The number of likely N-dealkylation sites (N-methyl/N-ethyl adjacent to an activating group) is 1. The Balaban J connectivity index is 2.60. The highest BCUT2D eigenvalue weighted by Crippen LogP contribution is 2.52. The van der Waals surface area contributed by atoms with E-state index in [0.717, 1.165) is 18.5 Å². The predicted molar refractivity (Wildman–Crippen MR) is 102 cm³/mol. The lowest BCUT2D eigenvalue weighted by Gasteiger charge is -2.29. The molecular weight excluding hydrogens is 313 g/mol. The van der Waals surface area contributed by atoms with Gasteiger partial charge in [-0.15, -0.1) is 0 Å². The molecule has 1 aliphatic heterocycles. The number of likely N-dealkylation sites (tertiary alicyclic amines) is 1. The molecule has 1 atom stereocenters. The van der Waals surface area contributed by atoms with Gasteiger partial charge in [-0.05, 0) is 63.5 Å². The van der Waals surface area contributed by atoms with Gasteiger partial charge >= 0.3 is 0 Å². The van der Waals surface area contributed by atoms with Gasteiger partial charge in [0.15, 0.2) is 0 Å². The quantitative estimate of drug-likeness (QED) is 0.646. The van der Waals surface area contributed by atoms with Gasteiger partial charge in [-0.3, -0.25) is 0 Å². The zero-order chi connectivity index (χ0) is 18.6. The van der Waals surface area contributed by atoms with Crippen LogP contribution in [-0.2, 0) is 11.2 Å². The number of hydrogen-bond donors (Lipinski definition) is 0. The van der Waals surface area contributed by atoms with Crippen molar-refractivity contribution in [3.63, 3.8) is 0 Å². The fourth-order valence-electron chi connectivity index (χ4n) is 3.77. The molecule has 1 aromatic rings. The Morgan fingerprint density at radius 2 is 1.88 bits per heavy atom. The zero-order valence-electron chi connectivity index (χ0n) is 15.9. The summed E-state index contributed by atoms with van der Waals surface area (Å²) < 4.78 is 18.6. The number of benzene rings is 1. The molecule has 3 heteroatoms. The van der Waals surface area contributed by atoms with E-state index in [-0.39, 0.29) is 11.2 Å². The van der Waals surface area contributed by atoms with Gasteiger partial charge in [0.1, 0.15) is 11.6 Å². The number of allylic oxidation sites excluding steroid dienone is 5. The number of methoxy groups -OCH3 is 1. The van der Waals surface area contributed by atoms with E-state index in [1.807, 2.05) is 18.2 Å². The molecule has 1 fully saturated rings. The van der Waals surface area contributed by atoms with Crippen LogP contribution in [0.25, 0.3) is 0 Å². The van der Waals surface area contributed by atoms with Crippen molar-refractivity contribution >= 4 is 0 Å². The summed E-state index contributed by atoms with van der Waals surface area (Å²) >= 11 is 0. The van der Waals surface area contributed by atoms with E-state index in [1.54, 1.807) is 7.11 Å². The van der Waals surface area contributed by atoms with Gasteiger partial charge < -0.3 is 9.64 Å². The van der Waals surface area contributed by atoms with E-state index in [1.165, 1.54) is 29.1 Å². The third-order valence-corrected chi connectivity index (χ3v) is 4.92. The Morgan fingerprint density at radius 1 is 1.24 bits per heavy atom.